The second kappa shape index (κ2) is 10.1. The lowest BCUT2D eigenvalue weighted by Crippen LogP contribution is -2.42. The average molecular weight is 490 g/mol. The lowest BCUT2D eigenvalue weighted by atomic mass is 10.0. The van der Waals surface area contributed by atoms with Gasteiger partial charge in [-0.05, 0) is 68.4 Å². The van der Waals surface area contributed by atoms with Crippen LogP contribution in [0, 0.1) is 0 Å². The minimum absolute atomic E-state index is 0.247. The Morgan fingerprint density at radius 3 is 2.47 bits per heavy atom. The zero-order valence-electron chi connectivity index (χ0n) is 19.6. The highest BCUT2D eigenvalue weighted by atomic mass is 32.2. The van der Waals surface area contributed by atoms with Crippen LogP contribution in [0.5, 0.6) is 17.2 Å². The van der Waals surface area contributed by atoms with Crippen molar-refractivity contribution in [2.45, 2.75) is 44.1 Å². The first-order valence-corrected chi connectivity index (χ1v) is 13.4. The molecule has 0 aromatic heterocycles. The Kier molecular flexibility index (Phi) is 7.21. The van der Waals surface area contributed by atoms with E-state index in [0.29, 0.717) is 30.9 Å². The average Bonchev–Trinajstić information content (AvgIpc) is 3.28. The highest BCUT2D eigenvalue weighted by Crippen LogP contribution is 2.37. The smallest absolute Gasteiger partial charge is 0.350 e. The van der Waals surface area contributed by atoms with E-state index in [0.717, 1.165) is 50.7 Å². The van der Waals surface area contributed by atoms with E-state index in [-0.39, 0.29) is 11.7 Å². The number of methoxy groups -OCH3 is 1. The Morgan fingerprint density at radius 2 is 1.79 bits per heavy atom. The number of hydrogen-bond acceptors (Lipinski definition) is 8. The molecule has 0 atom stereocenters. The van der Waals surface area contributed by atoms with Gasteiger partial charge in [0, 0.05) is 12.6 Å². The van der Waals surface area contributed by atoms with E-state index in [2.05, 4.69) is 4.90 Å². The van der Waals surface area contributed by atoms with Crippen LogP contribution >= 0.6 is 0 Å². The van der Waals surface area contributed by atoms with Gasteiger partial charge in [0.2, 0.25) is 5.60 Å². The quantitative estimate of drug-likeness (QED) is 0.389. The van der Waals surface area contributed by atoms with Crippen LogP contribution in [0.4, 0.5) is 5.69 Å². The number of ether oxygens (including phenoxy) is 3. The predicted octanol–water partition coefficient (Wildman–Crippen LogP) is 3.72. The standard InChI is InChI=1S/C25H31NO7S/c1-30-24(27)25(13-3-4-14-25)32-20-9-7-19(8-10-20)6-5-15-26-16-17-31-23-18-21(11-12-22(23)26)33-34(2,28)29/h7-12,18H,3-6,13-17H2,1-2H3. The molecule has 1 aliphatic heterocycles. The molecule has 0 amide bonds. The Bertz CT molecular complexity index is 1110. The van der Waals surface area contributed by atoms with Crippen molar-refractivity contribution in [3.63, 3.8) is 0 Å². The third-order valence-electron chi connectivity index (χ3n) is 6.24. The molecule has 0 saturated heterocycles. The van der Waals surface area contributed by atoms with Crippen LogP contribution in [0.1, 0.15) is 37.7 Å². The predicted molar refractivity (Wildman–Crippen MR) is 128 cm³/mol. The van der Waals surface area contributed by atoms with E-state index in [9.17, 15) is 13.2 Å². The van der Waals surface area contributed by atoms with Gasteiger partial charge < -0.3 is 23.3 Å². The van der Waals surface area contributed by atoms with Gasteiger partial charge in [-0.25, -0.2) is 4.79 Å². The largest absolute Gasteiger partial charge is 0.489 e. The van der Waals surface area contributed by atoms with E-state index in [4.69, 9.17) is 18.4 Å². The van der Waals surface area contributed by atoms with Gasteiger partial charge in [0.05, 0.1) is 25.6 Å². The molecule has 0 radical (unpaired) electrons. The molecule has 2 aromatic carbocycles. The van der Waals surface area contributed by atoms with Gasteiger partial charge in [-0.1, -0.05) is 12.1 Å². The molecule has 0 unspecified atom stereocenters. The third-order valence-corrected chi connectivity index (χ3v) is 6.73. The second-order valence-corrected chi connectivity index (χ2v) is 10.4. The van der Waals surface area contributed by atoms with Crippen molar-refractivity contribution >= 4 is 21.8 Å². The lowest BCUT2D eigenvalue weighted by molar-refractivity contribution is -0.158. The van der Waals surface area contributed by atoms with Crippen LogP contribution < -0.4 is 18.6 Å². The fraction of sp³-hybridized carbons (Fsp3) is 0.480. The molecular weight excluding hydrogens is 458 g/mol. The summed E-state index contributed by atoms with van der Waals surface area (Å²) in [6.45, 7) is 2.14. The molecule has 0 spiro atoms. The van der Waals surface area contributed by atoms with Crippen LogP contribution in [0.3, 0.4) is 0 Å². The van der Waals surface area contributed by atoms with Crippen LogP contribution in [0.2, 0.25) is 0 Å². The summed E-state index contributed by atoms with van der Waals surface area (Å²) in [5.74, 6) is 1.26. The van der Waals surface area contributed by atoms with E-state index >= 15 is 0 Å². The third kappa shape index (κ3) is 5.75. The number of hydrogen-bond donors (Lipinski definition) is 0. The highest BCUT2D eigenvalue weighted by molar-refractivity contribution is 7.86. The molecular formula is C25H31NO7S. The minimum Gasteiger partial charge on any atom is -0.489 e. The van der Waals surface area contributed by atoms with Crippen molar-refractivity contribution < 1.29 is 31.6 Å². The molecule has 4 rings (SSSR count). The number of fused-ring (bicyclic) bond motifs is 1. The summed E-state index contributed by atoms with van der Waals surface area (Å²) in [5.41, 5.74) is 1.27. The zero-order chi connectivity index (χ0) is 24.2. The van der Waals surface area contributed by atoms with Crippen molar-refractivity contribution in [3.8, 4) is 17.2 Å². The maximum Gasteiger partial charge on any atom is 0.350 e. The van der Waals surface area contributed by atoms with Crippen molar-refractivity contribution in [1.29, 1.82) is 0 Å². The second-order valence-electron chi connectivity index (χ2n) is 8.80. The number of aryl methyl sites for hydroxylation is 1. The summed E-state index contributed by atoms with van der Waals surface area (Å²) in [6.07, 6.45) is 6.14. The van der Waals surface area contributed by atoms with Crippen LogP contribution in [-0.4, -0.2) is 53.1 Å². The molecule has 2 aromatic rings. The Labute approximate surface area is 200 Å². The zero-order valence-corrected chi connectivity index (χ0v) is 20.4. The Hall–Kier alpha value is -2.94. The number of carbonyl (C=O) groups is 1. The highest BCUT2D eigenvalue weighted by Gasteiger charge is 2.44. The molecule has 9 heteroatoms. The first-order valence-electron chi connectivity index (χ1n) is 11.6. The van der Waals surface area contributed by atoms with E-state index in [1.807, 2.05) is 30.3 Å². The molecule has 8 nitrogen and oxygen atoms in total. The summed E-state index contributed by atoms with van der Waals surface area (Å²) in [4.78, 5) is 14.5. The van der Waals surface area contributed by atoms with Gasteiger partial charge in [-0.2, -0.15) is 8.42 Å². The van der Waals surface area contributed by atoms with Gasteiger partial charge in [0.25, 0.3) is 0 Å². The Morgan fingerprint density at radius 1 is 1.09 bits per heavy atom. The summed E-state index contributed by atoms with van der Waals surface area (Å²) >= 11 is 0. The normalized spacial score (nSPS) is 16.9. The Balaban J connectivity index is 1.32. The molecule has 34 heavy (non-hydrogen) atoms. The number of benzene rings is 2. The summed E-state index contributed by atoms with van der Waals surface area (Å²) in [7, 11) is -2.18. The fourth-order valence-corrected chi connectivity index (χ4v) is 5.07. The van der Waals surface area contributed by atoms with E-state index < -0.39 is 15.7 Å². The van der Waals surface area contributed by atoms with Crippen LogP contribution in [-0.2, 0) is 26.1 Å². The van der Waals surface area contributed by atoms with Crippen molar-refractivity contribution in [2.75, 3.05) is 38.0 Å². The minimum atomic E-state index is -3.58. The number of rotatable bonds is 9. The van der Waals surface area contributed by atoms with Crippen molar-refractivity contribution in [3.05, 3.63) is 48.0 Å². The molecule has 1 aliphatic carbocycles. The van der Waals surface area contributed by atoms with Crippen molar-refractivity contribution in [2.24, 2.45) is 0 Å². The van der Waals surface area contributed by atoms with Crippen LogP contribution in [0.15, 0.2) is 42.5 Å². The van der Waals surface area contributed by atoms with Gasteiger partial charge in [0.15, 0.2) is 0 Å². The maximum absolute atomic E-state index is 12.3. The van der Waals surface area contributed by atoms with E-state index in [1.165, 1.54) is 12.7 Å². The molecule has 0 N–H and O–H groups in total. The number of carbonyl (C=O) groups excluding carboxylic acids is 1. The van der Waals surface area contributed by atoms with Gasteiger partial charge in [-0.15, -0.1) is 0 Å². The number of anilines is 1. The van der Waals surface area contributed by atoms with Gasteiger partial charge in [-0.3, -0.25) is 0 Å². The van der Waals surface area contributed by atoms with Gasteiger partial charge >= 0.3 is 16.1 Å². The molecule has 1 saturated carbocycles. The summed E-state index contributed by atoms with van der Waals surface area (Å²) < 4.78 is 44.5. The molecule has 0 bridgehead atoms. The molecule has 184 valence electrons. The first kappa shape index (κ1) is 24.2. The topological polar surface area (TPSA) is 91.4 Å². The van der Waals surface area contributed by atoms with Crippen LogP contribution in [0.25, 0.3) is 0 Å². The fourth-order valence-electron chi connectivity index (χ4n) is 4.62. The molecule has 1 fully saturated rings. The first-order chi connectivity index (χ1) is 16.3. The monoisotopic (exact) mass is 489 g/mol. The van der Waals surface area contributed by atoms with E-state index in [1.54, 1.807) is 12.1 Å². The number of esters is 1. The summed E-state index contributed by atoms with van der Waals surface area (Å²) in [5, 5.41) is 0. The molecule has 2 aliphatic rings. The SMILES string of the molecule is COC(=O)C1(Oc2ccc(CCCN3CCOc4cc(OS(C)(=O)=O)ccc43)cc2)CCCC1. The van der Waals surface area contributed by atoms with Crippen molar-refractivity contribution in [1.82, 2.24) is 0 Å². The lowest BCUT2D eigenvalue weighted by Gasteiger charge is -2.31. The molecule has 1 heterocycles. The van der Waals surface area contributed by atoms with Gasteiger partial charge in [0.1, 0.15) is 23.9 Å². The number of nitrogens with zero attached hydrogens (tertiary/aromatic N) is 1. The summed E-state index contributed by atoms with van der Waals surface area (Å²) in [6, 6.07) is 13.0. The maximum atomic E-state index is 12.3.